The fourth-order valence-electron chi connectivity index (χ4n) is 2.86. The number of rotatable bonds is 4. The van der Waals surface area contributed by atoms with Crippen LogP contribution in [-0.2, 0) is 23.0 Å². The molecule has 8 heteroatoms. The van der Waals surface area contributed by atoms with Crippen LogP contribution in [0.2, 0.25) is 0 Å². The number of amides is 1. The molecule has 0 bridgehead atoms. The van der Waals surface area contributed by atoms with Crippen molar-refractivity contribution in [3.63, 3.8) is 0 Å². The molecule has 3 heterocycles. The van der Waals surface area contributed by atoms with Crippen molar-refractivity contribution in [2.24, 2.45) is 7.05 Å². The lowest BCUT2D eigenvalue weighted by Crippen LogP contribution is -2.42. The Balaban J connectivity index is 1.63. The summed E-state index contributed by atoms with van der Waals surface area (Å²) in [6.45, 7) is 3.14. The van der Waals surface area contributed by atoms with Crippen LogP contribution in [0.4, 0.5) is 0 Å². The second-order valence-electron chi connectivity index (χ2n) is 5.90. The highest BCUT2D eigenvalue weighted by Gasteiger charge is 2.26. The molecule has 3 rings (SSSR count). The van der Waals surface area contributed by atoms with Gasteiger partial charge in [0.15, 0.2) is 0 Å². The standard InChI is InChI=1S/C16H21N5O3/c1-11-18-13(9-15(22)19-11)14-10-21(7-8-24-14)16(23)4-3-12-5-6-17-20(12)2/h5-6,9,14H,3-4,7-8,10H2,1-2H3,(H,18,19,22). The molecule has 1 atom stereocenters. The number of nitrogens with zero attached hydrogens (tertiary/aromatic N) is 4. The van der Waals surface area contributed by atoms with Crippen molar-refractivity contribution in [3.05, 3.63) is 45.9 Å². The minimum Gasteiger partial charge on any atom is -0.368 e. The van der Waals surface area contributed by atoms with E-state index in [-0.39, 0.29) is 17.6 Å². The molecule has 0 spiro atoms. The molecule has 1 unspecified atom stereocenters. The van der Waals surface area contributed by atoms with E-state index in [0.29, 0.717) is 44.1 Å². The van der Waals surface area contributed by atoms with E-state index in [9.17, 15) is 9.59 Å². The predicted octanol–water partition coefficient (Wildman–Crippen LogP) is 0.345. The molecule has 128 valence electrons. The Labute approximate surface area is 139 Å². The van der Waals surface area contributed by atoms with E-state index in [1.165, 1.54) is 6.07 Å². The zero-order valence-electron chi connectivity index (χ0n) is 13.9. The van der Waals surface area contributed by atoms with Gasteiger partial charge in [-0.1, -0.05) is 0 Å². The number of morpholine rings is 1. The van der Waals surface area contributed by atoms with Crippen molar-refractivity contribution in [3.8, 4) is 0 Å². The lowest BCUT2D eigenvalue weighted by atomic mass is 10.1. The largest absolute Gasteiger partial charge is 0.368 e. The quantitative estimate of drug-likeness (QED) is 0.872. The minimum absolute atomic E-state index is 0.0751. The first-order valence-corrected chi connectivity index (χ1v) is 7.97. The van der Waals surface area contributed by atoms with Crippen LogP contribution >= 0.6 is 0 Å². The second kappa shape index (κ2) is 6.96. The molecular formula is C16H21N5O3. The third kappa shape index (κ3) is 3.70. The third-order valence-corrected chi connectivity index (χ3v) is 4.15. The van der Waals surface area contributed by atoms with Crippen LogP contribution < -0.4 is 5.56 Å². The van der Waals surface area contributed by atoms with Crippen molar-refractivity contribution in [2.45, 2.75) is 25.9 Å². The Kier molecular flexibility index (Phi) is 4.75. The first kappa shape index (κ1) is 16.4. The molecule has 1 aliphatic rings. The van der Waals surface area contributed by atoms with Crippen molar-refractivity contribution in [2.75, 3.05) is 19.7 Å². The zero-order valence-corrected chi connectivity index (χ0v) is 13.9. The maximum Gasteiger partial charge on any atom is 0.251 e. The SMILES string of the molecule is Cc1nc(C2CN(C(=O)CCc3ccnn3C)CCO2)cc(=O)[nH]1. The number of nitrogens with one attached hydrogen (secondary N) is 1. The summed E-state index contributed by atoms with van der Waals surface area (Å²) in [5, 5.41) is 4.11. The smallest absolute Gasteiger partial charge is 0.251 e. The zero-order chi connectivity index (χ0) is 17.1. The summed E-state index contributed by atoms with van der Waals surface area (Å²) in [7, 11) is 1.87. The molecular weight excluding hydrogens is 310 g/mol. The Bertz CT molecular complexity index is 782. The highest BCUT2D eigenvalue weighted by Crippen LogP contribution is 2.20. The van der Waals surface area contributed by atoms with Crippen LogP contribution in [0.15, 0.2) is 23.1 Å². The third-order valence-electron chi connectivity index (χ3n) is 4.15. The predicted molar refractivity (Wildman–Crippen MR) is 86.4 cm³/mol. The van der Waals surface area contributed by atoms with Gasteiger partial charge in [-0.05, 0) is 19.4 Å². The molecule has 1 aliphatic heterocycles. The molecule has 0 saturated carbocycles. The summed E-state index contributed by atoms with van der Waals surface area (Å²) < 4.78 is 7.48. The van der Waals surface area contributed by atoms with Crippen molar-refractivity contribution in [1.82, 2.24) is 24.6 Å². The summed E-state index contributed by atoms with van der Waals surface area (Å²) >= 11 is 0. The average Bonchev–Trinajstić information content (AvgIpc) is 2.97. The van der Waals surface area contributed by atoms with E-state index in [4.69, 9.17) is 4.74 Å². The van der Waals surface area contributed by atoms with Crippen molar-refractivity contribution < 1.29 is 9.53 Å². The van der Waals surface area contributed by atoms with Crippen LogP contribution in [0.1, 0.15) is 29.7 Å². The van der Waals surface area contributed by atoms with Crippen molar-refractivity contribution in [1.29, 1.82) is 0 Å². The summed E-state index contributed by atoms with van der Waals surface area (Å²) in [5.74, 6) is 0.617. The van der Waals surface area contributed by atoms with E-state index >= 15 is 0 Å². The molecule has 0 radical (unpaired) electrons. The molecule has 1 fully saturated rings. The van der Waals surface area contributed by atoms with E-state index in [2.05, 4.69) is 15.1 Å². The van der Waals surface area contributed by atoms with Gasteiger partial charge in [0.1, 0.15) is 11.9 Å². The number of carbonyl (C=O) groups excluding carboxylic acids is 1. The number of ether oxygens (including phenoxy) is 1. The number of H-pyrrole nitrogens is 1. The number of carbonyl (C=O) groups is 1. The van der Waals surface area contributed by atoms with Gasteiger partial charge in [0, 0.05) is 38.0 Å². The molecule has 1 amide bonds. The molecule has 1 N–H and O–H groups in total. The van der Waals surface area contributed by atoms with Crippen LogP contribution in [-0.4, -0.2) is 50.3 Å². The van der Waals surface area contributed by atoms with Crippen LogP contribution in [0, 0.1) is 6.92 Å². The summed E-state index contributed by atoms with van der Waals surface area (Å²) in [6.07, 6.45) is 2.44. The first-order valence-electron chi connectivity index (χ1n) is 7.97. The lowest BCUT2D eigenvalue weighted by molar-refractivity contribution is -0.139. The Morgan fingerprint density at radius 1 is 1.50 bits per heavy atom. The maximum atomic E-state index is 12.5. The van der Waals surface area contributed by atoms with Gasteiger partial charge < -0.3 is 14.6 Å². The normalized spacial score (nSPS) is 17.9. The summed E-state index contributed by atoms with van der Waals surface area (Å²) in [6, 6.07) is 3.35. The van der Waals surface area contributed by atoms with Gasteiger partial charge in [0.2, 0.25) is 5.91 Å². The van der Waals surface area contributed by atoms with Crippen LogP contribution in [0.25, 0.3) is 0 Å². The Morgan fingerprint density at radius 2 is 2.33 bits per heavy atom. The van der Waals surface area contributed by atoms with E-state index in [0.717, 1.165) is 5.69 Å². The minimum atomic E-state index is -0.361. The molecule has 24 heavy (non-hydrogen) atoms. The molecule has 0 aliphatic carbocycles. The molecule has 2 aromatic rings. The highest BCUT2D eigenvalue weighted by atomic mass is 16.5. The summed E-state index contributed by atoms with van der Waals surface area (Å²) in [4.78, 5) is 32.8. The fraction of sp³-hybridized carbons (Fsp3) is 0.500. The van der Waals surface area contributed by atoms with Crippen LogP contribution in [0.3, 0.4) is 0 Å². The number of hydrogen-bond acceptors (Lipinski definition) is 5. The molecule has 2 aromatic heterocycles. The fourth-order valence-corrected chi connectivity index (χ4v) is 2.86. The Morgan fingerprint density at radius 3 is 3.04 bits per heavy atom. The number of hydrogen-bond donors (Lipinski definition) is 1. The van der Waals surface area contributed by atoms with Gasteiger partial charge in [-0.25, -0.2) is 4.98 Å². The van der Waals surface area contributed by atoms with Gasteiger partial charge in [0.05, 0.1) is 18.8 Å². The monoisotopic (exact) mass is 331 g/mol. The number of aromatic nitrogens is 4. The lowest BCUT2D eigenvalue weighted by Gasteiger charge is -2.32. The van der Waals surface area contributed by atoms with Gasteiger partial charge >= 0.3 is 0 Å². The van der Waals surface area contributed by atoms with Gasteiger partial charge in [-0.2, -0.15) is 5.10 Å². The topological polar surface area (TPSA) is 93.1 Å². The average molecular weight is 331 g/mol. The molecule has 0 aromatic carbocycles. The first-order chi connectivity index (χ1) is 11.5. The van der Waals surface area contributed by atoms with E-state index in [1.807, 2.05) is 13.1 Å². The van der Waals surface area contributed by atoms with E-state index < -0.39 is 0 Å². The number of aromatic amines is 1. The van der Waals surface area contributed by atoms with E-state index in [1.54, 1.807) is 22.7 Å². The second-order valence-corrected chi connectivity index (χ2v) is 5.90. The highest BCUT2D eigenvalue weighted by molar-refractivity contribution is 5.76. The van der Waals surface area contributed by atoms with Crippen molar-refractivity contribution >= 4 is 5.91 Å². The summed E-state index contributed by atoms with van der Waals surface area (Å²) in [5.41, 5.74) is 1.39. The maximum absolute atomic E-state index is 12.5. The van der Waals surface area contributed by atoms with Gasteiger partial charge in [-0.15, -0.1) is 0 Å². The molecule has 1 saturated heterocycles. The van der Waals surface area contributed by atoms with Gasteiger partial charge in [0.25, 0.3) is 5.56 Å². The number of aryl methyl sites for hydroxylation is 3. The van der Waals surface area contributed by atoms with Crippen LogP contribution in [0.5, 0.6) is 0 Å². The van der Waals surface area contributed by atoms with Gasteiger partial charge in [-0.3, -0.25) is 14.3 Å². The molecule has 8 nitrogen and oxygen atoms in total. The Hall–Kier alpha value is -2.48.